The van der Waals surface area contributed by atoms with Gasteiger partial charge >= 0.3 is 0 Å². The molecule has 3 heterocycles. The Morgan fingerprint density at radius 3 is 2.59 bits per heavy atom. The average molecular weight is 555 g/mol. The lowest BCUT2D eigenvalue weighted by atomic mass is 10.1. The number of carbonyl (C=O) groups is 2. The van der Waals surface area contributed by atoms with Gasteiger partial charge in [0.15, 0.2) is 5.82 Å². The van der Waals surface area contributed by atoms with E-state index in [9.17, 15) is 9.59 Å². The zero-order chi connectivity index (χ0) is 26.3. The molecule has 5 rings (SSSR count). The summed E-state index contributed by atoms with van der Waals surface area (Å²) in [6.45, 7) is 1.95. The van der Waals surface area contributed by atoms with Crippen LogP contribution in [0.25, 0.3) is 16.7 Å². The molecule has 3 aromatic heterocycles. The lowest BCUT2D eigenvalue weighted by Gasteiger charge is -2.13. The Kier molecular flexibility index (Phi) is 6.59. The Labute approximate surface area is 225 Å². The number of amides is 2. The Hall–Kier alpha value is -3.92. The van der Waals surface area contributed by atoms with Crippen molar-refractivity contribution >= 4 is 63.2 Å². The van der Waals surface area contributed by atoms with E-state index in [2.05, 4.69) is 20.5 Å². The van der Waals surface area contributed by atoms with E-state index in [-0.39, 0.29) is 29.3 Å². The summed E-state index contributed by atoms with van der Waals surface area (Å²) in [5.74, 6) is -1.02. The molecule has 2 aromatic carbocycles. The first-order valence-corrected chi connectivity index (χ1v) is 12.1. The topological polar surface area (TPSA) is 121 Å². The third kappa shape index (κ3) is 4.76. The van der Waals surface area contributed by atoms with Crippen molar-refractivity contribution in [3.05, 3.63) is 98.5 Å². The van der Waals surface area contributed by atoms with Crippen LogP contribution in [0.15, 0.2) is 60.9 Å². The van der Waals surface area contributed by atoms with Crippen molar-refractivity contribution < 1.29 is 9.59 Å². The van der Waals surface area contributed by atoms with Gasteiger partial charge in [0, 0.05) is 16.6 Å². The highest BCUT2D eigenvalue weighted by Crippen LogP contribution is 2.28. The van der Waals surface area contributed by atoms with Crippen molar-refractivity contribution in [1.29, 1.82) is 0 Å². The van der Waals surface area contributed by atoms with Gasteiger partial charge in [-0.3, -0.25) is 14.3 Å². The minimum Gasteiger partial charge on any atom is -0.366 e. The van der Waals surface area contributed by atoms with Crippen molar-refractivity contribution in [3.8, 4) is 5.82 Å². The van der Waals surface area contributed by atoms with Crippen LogP contribution >= 0.6 is 34.8 Å². The van der Waals surface area contributed by atoms with Crippen molar-refractivity contribution in [2.24, 2.45) is 5.73 Å². The van der Waals surface area contributed by atoms with Crippen LogP contribution in [0.1, 0.15) is 32.1 Å². The highest BCUT2D eigenvalue weighted by molar-refractivity contribution is 6.35. The molecule has 3 N–H and O–H groups in total. The normalized spacial score (nSPS) is 11.1. The van der Waals surface area contributed by atoms with Crippen LogP contribution in [0.2, 0.25) is 15.1 Å². The van der Waals surface area contributed by atoms with Crippen molar-refractivity contribution in [3.63, 3.8) is 0 Å². The Balaban J connectivity index is 1.58. The fourth-order valence-electron chi connectivity index (χ4n) is 3.99. The smallest absolute Gasteiger partial charge is 0.274 e. The molecule has 0 aliphatic heterocycles. The third-order valence-corrected chi connectivity index (χ3v) is 6.53. The lowest BCUT2D eigenvalue weighted by Crippen LogP contribution is -2.21. The van der Waals surface area contributed by atoms with Crippen LogP contribution in [-0.4, -0.2) is 36.4 Å². The Bertz CT molecular complexity index is 1690. The zero-order valence-corrected chi connectivity index (χ0v) is 21.5. The first kappa shape index (κ1) is 24.8. The Morgan fingerprint density at radius 1 is 1.05 bits per heavy atom. The molecule has 186 valence electrons. The van der Waals surface area contributed by atoms with E-state index in [1.165, 1.54) is 10.7 Å². The van der Waals surface area contributed by atoms with E-state index < -0.39 is 11.8 Å². The molecule has 0 atom stereocenters. The summed E-state index contributed by atoms with van der Waals surface area (Å²) in [6, 6.07) is 13.5. The summed E-state index contributed by atoms with van der Waals surface area (Å²) >= 11 is 18.8. The highest BCUT2D eigenvalue weighted by Gasteiger charge is 2.23. The number of nitrogens with two attached hydrogens (primary N) is 1. The van der Waals surface area contributed by atoms with Crippen molar-refractivity contribution in [1.82, 2.24) is 24.5 Å². The first-order valence-electron chi connectivity index (χ1n) is 10.9. The summed E-state index contributed by atoms with van der Waals surface area (Å²) in [6.07, 6.45) is 3.22. The fourth-order valence-corrected chi connectivity index (χ4v) is 4.69. The van der Waals surface area contributed by atoms with E-state index >= 15 is 0 Å². The Morgan fingerprint density at radius 2 is 1.84 bits per heavy atom. The van der Waals surface area contributed by atoms with Crippen LogP contribution in [0.3, 0.4) is 0 Å². The predicted octanol–water partition coefficient (Wildman–Crippen LogP) is 5.29. The quantitative estimate of drug-likeness (QED) is 0.296. The van der Waals surface area contributed by atoms with Gasteiger partial charge in [0.1, 0.15) is 5.69 Å². The molecular formula is C25H18Cl3N7O2. The molecule has 37 heavy (non-hydrogen) atoms. The number of primary amides is 1. The number of aryl methyl sites for hydroxylation is 1. The number of anilines is 1. The van der Waals surface area contributed by atoms with Gasteiger partial charge in [-0.2, -0.15) is 10.2 Å². The number of pyridine rings is 1. The maximum absolute atomic E-state index is 13.5. The molecule has 5 aromatic rings. The van der Waals surface area contributed by atoms with Gasteiger partial charge in [0.2, 0.25) is 0 Å². The minimum atomic E-state index is -0.730. The number of hydrogen-bond donors (Lipinski definition) is 2. The number of fused-ring (bicyclic) bond motifs is 1. The van der Waals surface area contributed by atoms with Crippen molar-refractivity contribution in [2.45, 2.75) is 13.5 Å². The van der Waals surface area contributed by atoms with E-state index in [1.54, 1.807) is 54.3 Å². The van der Waals surface area contributed by atoms with E-state index in [0.717, 1.165) is 10.9 Å². The lowest BCUT2D eigenvalue weighted by molar-refractivity contribution is 0.100. The van der Waals surface area contributed by atoms with Crippen LogP contribution < -0.4 is 11.1 Å². The third-order valence-electron chi connectivity index (χ3n) is 5.68. The SMILES string of the molecule is Cc1cc(Cl)cc(C(N)=O)c1NC(=O)c1cc(Cn2ncc3c(Cl)cccc32)nn1-c1ncccc1Cl. The number of hydrogen-bond acceptors (Lipinski definition) is 5. The van der Waals surface area contributed by atoms with Gasteiger partial charge in [-0.1, -0.05) is 40.9 Å². The molecule has 12 heteroatoms. The second-order valence-electron chi connectivity index (χ2n) is 8.18. The first-order chi connectivity index (χ1) is 17.7. The summed E-state index contributed by atoms with van der Waals surface area (Å²) in [5, 5.41) is 13.8. The van der Waals surface area contributed by atoms with Crippen LogP contribution in [0.4, 0.5) is 5.69 Å². The summed E-state index contributed by atoms with van der Waals surface area (Å²) in [5.41, 5.74) is 7.89. The molecule has 0 spiro atoms. The molecule has 0 aliphatic carbocycles. The number of nitrogens with one attached hydrogen (secondary N) is 1. The number of nitrogens with zero attached hydrogens (tertiary/aromatic N) is 5. The van der Waals surface area contributed by atoms with Gasteiger partial charge < -0.3 is 11.1 Å². The maximum atomic E-state index is 13.5. The molecule has 9 nitrogen and oxygen atoms in total. The van der Waals surface area contributed by atoms with Gasteiger partial charge in [-0.25, -0.2) is 9.67 Å². The van der Waals surface area contributed by atoms with Gasteiger partial charge in [-0.05, 0) is 55.0 Å². The van der Waals surface area contributed by atoms with Crippen LogP contribution in [0, 0.1) is 6.92 Å². The molecule has 0 bridgehead atoms. The molecule has 0 saturated heterocycles. The second kappa shape index (κ2) is 9.85. The second-order valence-corrected chi connectivity index (χ2v) is 9.43. The predicted molar refractivity (Wildman–Crippen MR) is 143 cm³/mol. The number of benzene rings is 2. The number of rotatable bonds is 6. The molecule has 2 amide bonds. The van der Waals surface area contributed by atoms with E-state index in [1.807, 2.05) is 12.1 Å². The number of aromatic nitrogens is 5. The maximum Gasteiger partial charge on any atom is 0.274 e. The molecule has 0 fully saturated rings. The standard InChI is InChI=1S/C25H18Cl3N7O2/c1-13-8-14(26)9-16(23(29)36)22(13)32-25(37)21-10-15(33-35(21)24-19(28)5-3-7-30-24)12-34-20-6-2-4-18(27)17(20)11-31-34/h2-11H,12H2,1H3,(H2,29,36)(H,32,37). The largest absolute Gasteiger partial charge is 0.366 e. The summed E-state index contributed by atoms with van der Waals surface area (Å²) in [7, 11) is 0. The molecule has 0 radical (unpaired) electrons. The van der Waals surface area contributed by atoms with Crippen LogP contribution in [0.5, 0.6) is 0 Å². The van der Waals surface area contributed by atoms with E-state index in [0.29, 0.717) is 26.3 Å². The number of carbonyl (C=O) groups excluding carboxylic acids is 2. The van der Waals surface area contributed by atoms with Gasteiger partial charge in [0.25, 0.3) is 11.8 Å². The zero-order valence-electron chi connectivity index (χ0n) is 19.2. The van der Waals surface area contributed by atoms with Gasteiger partial charge in [0.05, 0.1) is 45.2 Å². The fraction of sp³-hybridized carbons (Fsp3) is 0.0800. The monoisotopic (exact) mass is 553 g/mol. The van der Waals surface area contributed by atoms with Gasteiger partial charge in [-0.15, -0.1) is 0 Å². The number of halogens is 3. The highest BCUT2D eigenvalue weighted by atomic mass is 35.5. The minimum absolute atomic E-state index is 0.0837. The molecule has 0 aliphatic rings. The van der Waals surface area contributed by atoms with E-state index in [4.69, 9.17) is 40.5 Å². The van der Waals surface area contributed by atoms with Crippen LogP contribution in [-0.2, 0) is 6.54 Å². The van der Waals surface area contributed by atoms with Crippen molar-refractivity contribution in [2.75, 3.05) is 5.32 Å². The summed E-state index contributed by atoms with van der Waals surface area (Å²) in [4.78, 5) is 29.9. The molecule has 0 saturated carbocycles. The summed E-state index contributed by atoms with van der Waals surface area (Å²) < 4.78 is 3.07. The molecular weight excluding hydrogens is 537 g/mol. The average Bonchev–Trinajstić information content (AvgIpc) is 3.46. The molecule has 0 unspecified atom stereocenters.